The molecule has 1 amide bonds. The highest BCUT2D eigenvalue weighted by atomic mass is 16.7. The topological polar surface area (TPSA) is 77.1 Å². The summed E-state index contributed by atoms with van der Waals surface area (Å²) in [5.74, 6) is 0.211. The molecule has 2 aromatic rings. The molecule has 0 aliphatic carbocycles. The van der Waals surface area contributed by atoms with Crippen molar-refractivity contribution >= 4 is 23.3 Å². The molecule has 0 aromatic heterocycles. The molecule has 1 heterocycles. The number of ether oxygens (including phenoxy) is 3. The molecular weight excluding hydrogens is 336 g/mol. The lowest BCUT2D eigenvalue weighted by Crippen LogP contribution is -2.30. The number of nitrogens with one attached hydrogen (secondary N) is 1. The van der Waals surface area contributed by atoms with Gasteiger partial charge in [-0.2, -0.15) is 0 Å². The second-order valence-electron chi connectivity index (χ2n) is 6.05. The molecule has 0 saturated carbocycles. The smallest absolute Gasteiger partial charge is 0.338 e. The molecule has 7 heteroatoms. The van der Waals surface area contributed by atoms with E-state index in [4.69, 9.17) is 14.2 Å². The summed E-state index contributed by atoms with van der Waals surface area (Å²) >= 11 is 0. The predicted molar refractivity (Wildman–Crippen MR) is 96.8 cm³/mol. The Morgan fingerprint density at radius 1 is 1.08 bits per heavy atom. The molecule has 26 heavy (non-hydrogen) atoms. The Bertz CT molecular complexity index is 817. The Labute approximate surface area is 151 Å². The molecule has 0 saturated heterocycles. The molecule has 1 N–H and O–H groups in total. The van der Waals surface area contributed by atoms with Crippen LogP contribution in [0.25, 0.3) is 0 Å². The standard InChI is InChI=1S/C19H20N2O5/c1-12(26-19(23)13-4-7-15(8-5-13)21(2)3)18(22)20-14-6-9-16-17(10-14)25-11-24-16/h4-10,12H,11H2,1-3H3,(H,20,22)/t12-/m1/s1. The van der Waals surface area contributed by atoms with Gasteiger partial charge in [-0.05, 0) is 43.3 Å². The first-order valence-electron chi connectivity index (χ1n) is 8.13. The van der Waals surface area contributed by atoms with Crippen LogP contribution in [0.1, 0.15) is 17.3 Å². The lowest BCUT2D eigenvalue weighted by atomic mass is 10.2. The number of esters is 1. The van der Waals surface area contributed by atoms with E-state index in [2.05, 4.69) is 5.32 Å². The summed E-state index contributed by atoms with van der Waals surface area (Å²) in [6.45, 7) is 1.68. The van der Waals surface area contributed by atoms with Crippen LogP contribution in [0.15, 0.2) is 42.5 Å². The van der Waals surface area contributed by atoms with Crippen LogP contribution in [-0.4, -0.2) is 38.9 Å². The highest BCUT2D eigenvalue weighted by Gasteiger charge is 2.20. The summed E-state index contributed by atoms with van der Waals surface area (Å²) in [4.78, 5) is 26.4. The fraction of sp³-hybridized carbons (Fsp3) is 0.263. The predicted octanol–water partition coefficient (Wildman–Crippen LogP) is 2.67. The first kappa shape index (κ1) is 17.6. The summed E-state index contributed by atoms with van der Waals surface area (Å²) in [5.41, 5.74) is 1.89. The Hall–Kier alpha value is -3.22. The number of hydrogen-bond donors (Lipinski definition) is 1. The fourth-order valence-corrected chi connectivity index (χ4v) is 2.40. The third-order valence-electron chi connectivity index (χ3n) is 3.91. The second-order valence-corrected chi connectivity index (χ2v) is 6.05. The molecular formula is C19H20N2O5. The van der Waals surface area contributed by atoms with Crippen molar-refractivity contribution in [3.63, 3.8) is 0 Å². The number of carbonyl (C=O) groups excluding carboxylic acids is 2. The van der Waals surface area contributed by atoms with Crippen molar-refractivity contribution in [2.75, 3.05) is 31.1 Å². The first-order valence-corrected chi connectivity index (χ1v) is 8.13. The summed E-state index contributed by atoms with van der Waals surface area (Å²) in [6, 6.07) is 12.0. The van der Waals surface area contributed by atoms with Crippen molar-refractivity contribution in [1.29, 1.82) is 0 Å². The van der Waals surface area contributed by atoms with Gasteiger partial charge < -0.3 is 24.4 Å². The highest BCUT2D eigenvalue weighted by molar-refractivity contribution is 5.97. The molecule has 3 rings (SSSR count). The number of anilines is 2. The van der Waals surface area contributed by atoms with E-state index in [1.807, 2.05) is 31.1 Å². The molecule has 0 spiro atoms. The average Bonchev–Trinajstić information content (AvgIpc) is 3.09. The van der Waals surface area contributed by atoms with Crippen molar-refractivity contribution in [1.82, 2.24) is 0 Å². The number of hydrogen-bond acceptors (Lipinski definition) is 6. The minimum absolute atomic E-state index is 0.160. The molecule has 7 nitrogen and oxygen atoms in total. The quantitative estimate of drug-likeness (QED) is 0.830. The van der Waals surface area contributed by atoms with Crippen LogP contribution >= 0.6 is 0 Å². The first-order chi connectivity index (χ1) is 12.4. The van der Waals surface area contributed by atoms with Crippen LogP contribution in [0.3, 0.4) is 0 Å². The maximum Gasteiger partial charge on any atom is 0.338 e. The van der Waals surface area contributed by atoms with E-state index < -0.39 is 18.0 Å². The van der Waals surface area contributed by atoms with Gasteiger partial charge in [0, 0.05) is 31.5 Å². The van der Waals surface area contributed by atoms with Gasteiger partial charge in [0.25, 0.3) is 5.91 Å². The molecule has 1 aliphatic heterocycles. The van der Waals surface area contributed by atoms with E-state index in [0.29, 0.717) is 22.7 Å². The van der Waals surface area contributed by atoms with Gasteiger partial charge in [0.15, 0.2) is 17.6 Å². The average molecular weight is 356 g/mol. The van der Waals surface area contributed by atoms with Gasteiger partial charge >= 0.3 is 5.97 Å². The maximum absolute atomic E-state index is 12.3. The van der Waals surface area contributed by atoms with Gasteiger partial charge in [-0.1, -0.05) is 0 Å². The lowest BCUT2D eigenvalue weighted by molar-refractivity contribution is -0.123. The van der Waals surface area contributed by atoms with Crippen molar-refractivity contribution in [2.45, 2.75) is 13.0 Å². The van der Waals surface area contributed by atoms with E-state index in [-0.39, 0.29) is 6.79 Å². The number of fused-ring (bicyclic) bond motifs is 1. The van der Waals surface area contributed by atoms with Crippen LogP contribution in [0.5, 0.6) is 11.5 Å². The van der Waals surface area contributed by atoms with Crippen LogP contribution < -0.4 is 19.7 Å². The Kier molecular flexibility index (Phi) is 4.97. The van der Waals surface area contributed by atoms with Crippen molar-refractivity contribution < 1.29 is 23.8 Å². The van der Waals surface area contributed by atoms with Gasteiger partial charge in [-0.15, -0.1) is 0 Å². The van der Waals surface area contributed by atoms with Gasteiger partial charge in [-0.3, -0.25) is 4.79 Å². The number of nitrogens with zero attached hydrogens (tertiary/aromatic N) is 1. The lowest BCUT2D eigenvalue weighted by Gasteiger charge is -2.15. The van der Waals surface area contributed by atoms with E-state index in [1.54, 1.807) is 30.3 Å². The van der Waals surface area contributed by atoms with Gasteiger partial charge in [-0.25, -0.2) is 4.79 Å². The Balaban J connectivity index is 1.59. The number of carbonyl (C=O) groups is 2. The van der Waals surface area contributed by atoms with Crippen molar-refractivity contribution in [3.8, 4) is 11.5 Å². The summed E-state index contributed by atoms with van der Waals surface area (Å²) < 4.78 is 15.7. The van der Waals surface area contributed by atoms with Gasteiger partial charge in [0.2, 0.25) is 6.79 Å². The minimum atomic E-state index is -0.943. The normalized spacial score (nSPS) is 13.0. The number of amides is 1. The highest BCUT2D eigenvalue weighted by Crippen LogP contribution is 2.34. The minimum Gasteiger partial charge on any atom is -0.454 e. The summed E-state index contributed by atoms with van der Waals surface area (Å²) in [7, 11) is 3.83. The molecule has 0 radical (unpaired) electrons. The molecule has 0 fully saturated rings. The third kappa shape index (κ3) is 3.88. The van der Waals surface area contributed by atoms with Crippen LogP contribution in [-0.2, 0) is 9.53 Å². The van der Waals surface area contributed by atoms with Crippen LogP contribution in [0.4, 0.5) is 11.4 Å². The summed E-state index contributed by atoms with van der Waals surface area (Å²) in [6.07, 6.45) is -0.943. The molecule has 136 valence electrons. The second kappa shape index (κ2) is 7.35. The molecule has 1 atom stereocenters. The monoisotopic (exact) mass is 356 g/mol. The van der Waals surface area contributed by atoms with Crippen LogP contribution in [0, 0.1) is 0 Å². The van der Waals surface area contributed by atoms with Gasteiger partial charge in [0.1, 0.15) is 0 Å². The van der Waals surface area contributed by atoms with Crippen LogP contribution in [0.2, 0.25) is 0 Å². The molecule has 0 unspecified atom stereocenters. The Morgan fingerprint density at radius 3 is 2.46 bits per heavy atom. The number of benzene rings is 2. The molecule has 1 aliphatic rings. The zero-order chi connectivity index (χ0) is 18.7. The van der Waals surface area contributed by atoms with Crippen molar-refractivity contribution in [3.05, 3.63) is 48.0 Å². The van der Waals surface area contributed by atoms with E-state index >= 15 is 0 Å². The molecule has 0 bridgehead atoms. The fourth-order valence-electron chi connectivity index (χ4n) is 2.40. The largest absolute Gasteiger partial charge is 0.454 e. The summed E-state index contributed by atoms with van der Waals surface area (Å²) in [5, 5.41) is 2.69. The van der Waals surface area contributed by atoms with E-state index in [0.717, 1.165) is 5.69 Å². The maximum atomic E-state index is 12.3. The third-order valence-corrected chi connectivity index (χ3v) is 3.91. The Morgan fingerprint density at radius 2 is 1.77 bits per heavy atom. The zero-order valence-corrected chi connectivity index (χ0v) is 14.8. The SMILES string of the molecule is C[C@@H](OC(=O)c1ccc(N(C)C)cc1)C(=O)Nc1ccc2c(c1)OCO2. The van der Waals surface area contributed by atoms with E-state index in [9.17, 15) is 9.59 Å². The van der Waals surface area contributed by atoms with Gasteiger partial charge in [0.05, 0.1) is 5.56 Å². The van der Waals surface area contributed by atoms with Crippen molar-refractivity contribution in [2.24, 2.45) is 0 Å². The molecule has 2 aromatic carbocycles. The zero-order valence-electron chi connectivity index (χ0n) is 14.8. The van der Waals surface area contributed by atoms with E-state index in [1.165, 1.54) is 6.92 Å². The number of rotatable bonds is 5.